The zero-order valence-electron chi connectivity index (χ0n) is 22.7. The van der Waals surface area contributed by atoms with Crippen LogP contribution in [-0.4, -0.2) is 56.3 Å². The molecule has 6 aliphatic rings. The summed E-state index contributed by atoms with van der Waals surface area (Å²) in [5.74, 6) is -2.15. The van der Waals surface area contributed by atoms with Gasteiger partial charge in [-0.05, 0) is 110 Å². The Morgan fingerprint density at radius 2 is 1.57 bits per heavy atom. The van der Waals surface area contributed by atoms with Gasteiger partial charge in [-0.25, -0.2) is 0 Å². The Morgan fingerprint density at radius 3 is 2.19 bits per heavy atom. The number of hydrogen-bond acceptors (Lipinski definition) is 5. The molecule has 5 fully saturated rings. The molecule has 0 spiro atoms. The van der Waals surface area contributed by atoms with Crippen molar-refractivity contribution in [2.24, 2.45) is 55.7 Å². The molecule has 0 aromatic heterocycles. The number of carboxylic acids is 2. The third-order valence-corrected chi connectivity index (χ3v) is 14.0. The monoisotopic (exact) mass is 516 g/mol. The molecule has 0 radical (unpaired) electrons. The Labute approximate surface area is 219 Å². The van der Waals surface area contributed by atoms with E-state index in [2.05, 4.69) is 26.0 Å². The Hall–Kier alpha value is -1.44. The van der Waals surface area contributed by atoms with Crippen molar-refractivity contribution in [2.75, 3.05) is 6.61 Å². The van der Waals surface area contributed by atoms with Crippen LogP contribution in [0.3, 0.4) is 0 Å². The van der Waals surface area contributed by atoms with Crippen LogP contribution in [0.25, 0.3) is 0 Å². The highest BCUT2D eigenvalue weighted by Gasteiger charge is 2.86. The minimum atomic E-state index is -1.20. The van der Waals surface area contributed by atoms with E-state index in [0.717, 1.165) is 19.3 Å². The van der Waals surface area contributed by atoms with E-state index < -0.39 is 35.0 Å². The highest BCUT2D eigenvalue weighted by atomic mass is 16.4. The second-order valence-corrected chi connectivity index (χ2v) is 15.1. The lowest BCUT2D eigenvalue weighted by molar-refractivity contribution is -0.222. The molecular weight excluding hydrogens is 472 g/mol. The summed E-state index contributed by atoms with van der Waals surface area (Å²) < 4.78 is 0. The maximum absolute atomic E-state index is 12.9. The number of aliphatic carboxylic acids is 2. The average molecular weight is 517 g/mol. The van der Waals surface area contributed by atoms with Gasteiger partial charge in [0, 0.05) is 6.61 Å². The smallest absolute Gasteiger partial charge is 0.312 e. The fraction of sp³-hybridized carbons (Fsp3) is 0.867. The van der Waals surface area contributed by atoms with Gasteiger partial charge in [-0.1, -0.05) is 32.9 Å². The van der Waals surface area contributed by atoms with Crippen LogP contribution in [-0.2, 0) is 9.59 Å². The molecular formula is C30H44O7. The highest BCUT2D eigenvalue weighted by Crippen LogP contribution is 2.89. The molecule has 0 amide bonds. The third kappa shape index (κ3) is 2.61. The van der Waals surface area contributed by atoms with E-state index in [4.69, 9.17) is 0 Å². The maximum Gasteiger partial charge on any atom is 0.312 e. The average Bonchev–Trinajstić information content (AvgIpc) is 3.53. The summed E-state index contributed by atoms with van der Waals surface area (Å²) in [6, 6.07) is 0. The first-order valence-corrected chi connectivity index (χ1v) is 14.3. The zero-order chi connectivity index (χ0) is 27.0. The number of fused-ring (bicyclic) bond motifs is 4. The van der Waals surface area contributed by atoms with Gasteiger partial charge in [0.25, 0.3) is 0 Å². The van der Waals surface area contributed by atoms with Gasteiger partial charge < -0.3 is 25.5 Å². The van der Waals surface area contributed by atoms with Crippen molar-refractivity contribution in [1.82, 2.24) is 0 Å². The van der Waals surface area contributed by atoms with E-state index >= 15 is 0 Å². The molecule has 0 unspecified atom stereocenters. The van der Waals surface area contributed by atoms with Crippen LogP contribution in [0.1, 0.15) is 85.5 Å². The normalized spacial score (nSPS) is 59.7. The first-order valence-electron chi connectivity index (χ1n) is 14.3. The van der Waals surface area contributed by atoms with Crippen molar-refractivity contribution in [3.8, 4) is 0 Å². The molecule has 7 nitrogen and oxygen atoms in total. The molecule has 5 saturated carbocycles. The molecule has 6 rings (SSSR count). The number of carbonyl (C=O) groups is 2. The summed E-state index contributed by atoms with van der Waals surface area (Å²) in [7, 11) is 0. The summed E-state index contributed by atoms with van der Waals surface area (Å²) in [5, 5.41) is 53.6. The largest absolute Gasteiger partial charge is 0.481 e. The number of aliphatic hydroxyl groups excluding tert-OH is 3. The van der Waals surface area contributed by atoms with Gasteiger partial charge in [-0.3, -0.25) is 9.59 Å². The lowest BCUT2D eigenvalue weighted by Gasteiger charge is -2.68. The van der Waals surface area contributed by atoms with Crippen LogP contribution in [0, 0.1) is 55.7 Å². The number of carboxylic acid groups (broad SMARTS) is 2. The van der Waals surface area contributed by atoms with Gasteiger partial charge in [0.15, 0.2) is 0 Å². The molecule has 12 atom stereocenters. The molecule has 0 aromatic rings. The molecule has 0 aromatic carbocycles. The van der Waals surface area contributed by atoms with Crippen LogP contribution in [0.4, 0.5) is 0 Å². The number of hydrogen-bond donors (Lipinski definition) is 5. The Bertz CT molecular complexity index is 1090. The first-order chi connectivity index (χ1) is 17.1. The van der Waals surface area contributed by atoms with Crippen LogP contribution >= 0.6 is 0 Å². The minimum Gasteiger partial charge on any atom is -0.481 e. The quantitative estimate of drug-likeness (QED) is 0.360. The second kappa shape index (κ2) is 7.19. The van der Waals surface area contributed by atoms with Gasteiger partial charge in [0.05, 0.1) is 23.0 Å². The fourth-order valence-corrected chi connectivity index (χ4v) is 11.7. The van der Waals surface area contributed by atoms with Crippen molar-refractivity contribution >= 4 is 11.9 Å². The van der Waals surface area contributed by atoms with Crippen molar-refractivity contribution in [3.05, 3.63) is 12.2 Å². The number of allylic oxidation sites excluding steroid dienone is 2. The summed E-state index contributed by atoms with van der Waals surface area (Å²) in [5.41, 5.74) is -3.82. The molecule has 6 aliphatic carbocycles. The molecule has 206 valence electrons. The van der Waals surface area contributed by atoms with E-state index in [1.54, 1.807) is 6.92 Å². The summed E-state index contributed by atoms with van der Waals surface area (Å²) in [6.07, 6.45) is 8.35. The minimum absolute atomic E-state index is 0.0117. The van der Waals surface area contributed by atoms with Crippen molar-refractivity contribution < 1.29 is 35.1 Å². The Kier molecular flexibility index (Phi) is 5.02. The predicted molar refractivity (Wildman–Crippen MR) is 135 cm³/mol. The summed E-state index contributed by atoms with van der Waals surface area (Å²) in [4.78, 5) is 25.4. The van der Waals surface area contributed by atoms with Gasteiger partial charge in [0.1, 0.15) is 0 Å². The standard InChI is InChI=1S/C30H44O7/c1-24(16-31)11-12-30(23(36)37)19(13-24)28-10-6-17-25(2)8-7-20(32)27(4,22(34)35)18(25)5-9-26(17,3)29(28,15-28)14-21(30)33/h6,10,17-21,31-33H,5,7-9,11-16H2,1-4H3,(H,34,35)(H,36,37)/t17-,18-,19+,20-,21-,24-,25-,26-,27-,28-,29-,30-/m1/s1. The molecule has 7 heteroatoms. The van der Waals surface area contributed by atoms with Crippen molar-refractivity contribution in [3.63, 3.8) is 0 Å². The molecule has 0 saturated heterocycles. The predicted octanol–water partition coefficient (Wildman–Crippen LogP) is 3.85. The van der Waals surface area contributed by atoms with Crippen molar-refractivity contribution in [2.45, 2.75) is 97.7 Å². The van der Waals surface area contributed by atoms with Crippen LogP contribution in [0.15, 0.2) is 12.2 Å². The lowest BCUT2D eigenvalue weighted by Crippen LogP contribution is -2.67. The third-order valence-electron chi connectivity index (χ3n) is 14.0. The van der Waals surface area contributed by atoms with Gasteiger partial charge in [-0.2, -0.15) is 0 Å². The van der Waals surface area contributed by atoms with E-state index in [0.29, 0.717) is 38.5 Å². The molecule has 0 heterocycles. The van der Waals surface area contributed by atoms with Gasteiger partial charge >= 0.3 is 11.9 Å². The van der Waals surface area contributed by atoms with Gasteiger partial charge in [-0.15, -0.1) is 0 Å². The summed E-state index contributed by atoms with van der Waals surface area (Å²) in [6.45, 7) is 8.32. The molecule has 0 bridgehead atoms. The SMILES string of the molecule is C[C@@]1(CO)CC[C@]2(C(=O)O)[C@H](O)C[C@]34C[C@]3(C=C[C@@H]3[C@@]5(C)CC[C@@H](O)[C@](C)(C(=O)O)[C@@H]5CC[C@]34C)[C@@H]2C1. The first kappa shape index (κ1) is 25.8. The van der Waals surface area contributed by atoms with Crippen LogP contribution in [0.2, 0.25) is 0 Å². The van der Waals surface area contributed by atoms with E-state index in [-0.39, 0.29) is 51.4 Å². The molecule has 5 N–H and O–H groups in total. The lowest BCUT2D eigenvalue weighted by atomic mass is 9.36. The second-order valence-electron chi connectivity index (χ2n) is 15.1. The number of rotatable bonds is 3. The summed E-state index contributed by atoms with van der Waals surface area (Å²) >= 11 is 0. The van der Waals surface area contributed by atoms with Crippen molar-refractivity contribution in [1.29, 1.82) is 0 Å². The number of aliphatic hydroxyl groups is 3. The van der Waals surface area contributed by atoms with E-state index in [9.17, 15) is 35.1 Å². The van der Waals surface area contributed by atoms with E-state index in [1.165, 1.54) is 0 Å². The van der Waals surface area contributed by atoms with Gasteiger partial charge in [0.2, 0.25) is 0 Å². The van der Waals surface area contributed by atoms with Crippen LogP contribution < -0.4 is 0 Å². The Balaban J connectivity index is 1.48. The topological polar surface area (TPSA) is 135 Å². The highest BCUT2D eigenvalue weighted by molar-refractivity contribution is 5.78. The maximum atomic E-state index is 12.9. The molecule has 0 aliphatic heterocycles. The zero-order valence-corrected chi connectivity index (χ0v) is 22.7. The molecule has 37 heavy (non-hydrogen) atoms. The van der Waals surface area contributed by atoms with E-state index in [1.807, 2.05) is 6.92 Å². The Morgan fingerprint density at radius 1 is 0.865 bits per heavy atom. The fourth-order valence-electron chi connectivity index (χ4n) is 11.7. The van der Waals surface area contributed by atoms with Crippen LogP contribution in [0.5, 0.6) is 0 Å².